The summed E-state index contributed by atoms with van der Waals surface area (Å²) in [7, 11) is 6.11. The van der Waals surface area contributed by atoms with Gasteiger partial charge >= 0.3 is 0 Å². The highest BCUT2D eigenvalue weighted by atomic mass is 33.1. The van der Waals surface area contributed by atoms with E-state index in [2.05, 4.69) is 15.7 Å². The van der Waals surface area contributed by atoms with E-state index in [4.69, 9.17) is 0 Å². The lowest BCUT2D eigenvalue weighted by atomic mass is 9.83. The third kappa shape index (κ3) is 5.31. The Morgan fingerprint density at radius 2 is 2.00 bits per heavy atom. The Morgan fingerprint density at radius 1 is 1.12 bits per heavy atom. The lowest BCUT2D eigenvalue weighted by molar-refractivity contribution is -0.131. The molecule has 0 saturated carbocycles. The van der Waals surface area contributed by atoms with Gasteiger partial charge in [-0.15, -0.1) is 0 Å². The fourth-order valence-corrected chi connectivity index (χ4v) is 7.67. The molecule has 3 rings (SSSR count). The minimum Gasteiger partial charge on any atom is -0.345 e. The van der Waals surface area contributed by atoms with Gasteiger partial charge < -0.3 is 9.80 Å². The molecule has 0 bridgehead atoms. The van der Waals surface area contributed by atoms with Crippen LogP contribution in [0.4, 0.5) is 0 Å². The third-order valence-corrected chi connectivity index (χ3v) is 9.06. The molecule has 1 amide bonds. The molecule has 0 aromatic carbocycles. The number of piperidine rings is 2. The van der Waals surface area contributed by atoms with E-state index in [1.165, 1.54) is 70.2 Å². The van der Waals surface area contributed by atoms with Crippen molar-refractivity contribution in [1.82, 2.24) is 9.80 Å². The molecule has 5 heteroatoms. The first-order valence-electron chi connectivity index (χ1n) is 10.0. The van der Waals surface area contributed by atoms with Gasteiger partial charge in [-0.05, 0) is 64.0 Å². The second-order valence-electron chi connectivity index (χ2n) is 7.85. The molecule has 0 aliphatic carbocycles. The molecule has 0 aromatic rings. The van der Waals surface area contributed by atoms with Crippen LogP contribution in [0, 0.1) is 5.92 Å². The summed E-state index contributed by atoms with van der Waals surface area (Å²) >= 11 is 0. The monoisotopic (exact) mass is 370 g/mol. The van der Waals surface area contributed by atoms with Crippen molar-refractivity contribution in [2.75, 3.05) is 32.4 Å². The SMILES string of the molecule is CN(C[C@@H]1CCCN2CCCC[C@H]12)C(=O)CCCC[C@@H]1CCSS1. The van der Waals surface area contributed by atoms with Crippen molar-refractivity contribution >= 4 is 27.5 Å². The molecular formula is C19H34N2OS2. The molecule has 3 aliphatic rings. The van der Waals surface area contributed by atoms with Gasteiger partial charge in [0, 0.05) is 37.1 Å². The maximum absolute atomic E-state index is 12.5. The molecule has 0 N–H and O–H groups in total. The van der Waals surface area contributed by atoms with Crippen LogP contribution in [0.2, 0.25) is 0 Å². The Bertz CT molecular complexity index is 399. The fraction of sp³-hybridized carbons (Fsp3) is 0.947. The van der Waals surface area contributed by atoms with Crippen LogP contribution >= 0.6 is 21.6 Å². The molecule has 3 fully saturated rings. The van der Waals surface area contributed by atoms with Crippen molar-refractivity contribution in [2.45, 2.75) is 75.5 Å². The predicted molar refractivity (Wildman–Crippen MR) is 106 cm³/mol. The van der Waals surface area contributed by atoms with E-state index in [1.807, 2.05) is 22.7 Å². The lowest BCUT2D eigenvalue weighted by Gasteiger charge is -2.45. The Balaban J connectivity index is 1.35. The summed E-state index contributed by atoms with van der Waals surface area (Å²) in [6.45, 7) is 3.56. The van der Waals surface area contributed by atoms with E-state index in [9.17, 15) is 4.79 Å². The first-order valence-corrected chi connectivity index (χ1v) is 12.4. The average Bonchev–Trinajstić information content (AvgIpc) is 3.12. The van der Waals surface area contributed by atoms with Gasteiger partial charge in [0.2, 0.25) is 5.91 Å². The van der Waals surface area contributed by atoms with Gasteiger partial charge in [0.25, 0.3) is 0 Å². The van der Waals surface area contributed by atoms with Crippen LogP contribution in [-0.4, -0.2) is 59.4 Å². The van der Waals surface area contributed by atoms with Gasteiger partial charge in [0.1, 0.15) is 0 Å². The van der Waals surface area contributed by atoms with E-state index < -0.39 is 0 Å². The highest BCUT2D eigenvalue weighted by molar-refractivity contribution is 8.77. The maximum Gasteiger partial charge on any atom is 0.222 e. The average molecular weight is 371 g/mol. The van der Waals surface area contributed by atoms with Gasteiger partial charge in [-0.1, -0.05) is 34.4 Å². The van der Waals surface area contributed by atoms with E-state index >= 15 is 0 Å². The van der Waals surface area contributed by atoms with Crippen LogP contribution in [0.25, 0.3) is 0 Å². The molecule has 3 atom stereocenters. The standard InChI is InChI=1S/C19H34N2OS2/c1-20(19(22)10-3-2-8-17-11-14-23-24-17)15-16-7-6-13-21-12-5-4-9-18(16)21/h16-18H,2-15H2,1H3/t16-,17+,18+/m0/s1. The maximum atomic E-state index is 12.5. The summed E-state index contributed by atoms with van der Waals surface area (Å²) in [4.78, 5) is 17.2. The van der Waals surface area contributed by atoms with E-state index in [0.717, 1.165) is 30.7 Å². The number of nitrogens with zero attached hydrogens (tertiary/aromatic N) is 2. The molecule has 0 unspecified atom stereocenters. The molecule has 0 radical (unpaired) electrons. The summed E-state index contributed by atoms with van der Waals surface area (Å²) < 4.78 is 0. The van der Waals surface area contributed by atoms with Crippen molar-refractivity contribution in [3.05, 3.63) is 0 Å². The summed E-state index contributed by atoms with van der Waals surface area (Å²) in [6, 6.07) is 0.750. The highest BCUT2D eigenvalue weighted by Gasteiger charge is 2.33. The number of carbonyl (C=O) groups is 1. The second-order valence-corrected chi connectivity index (χ2v) is 10.6. The van der Waals surface area contributed by atoms with Crippen molar-refractivity contribution in [2.24, 2.45) is 5.92 Å². The summed E-state index contributed by atoms with van der Waals surface area (Å²) in [6.07, 6.45) is 12.4. The molecular weight excluding hydrogens is 336 g/mol. The Labute approximate surface area is 156 Å². The fourth-order valence-electron chi connectivity index (χ4n) is 4.65. The van der Waals surface area contributed by atoms with Gasteiger partial charge in [-0.2, -0.15) is 0 Å². The number of hydrogen-bond donors (Lipinski definition) is 0. The normalized spacial score (nSPS) is 31.0. The first kappa shape index (κ1) is 18.9. The molecule has 138 valence electrons. The molecule has 3 nitrogen and oxygen atoms in total. The highest BCUT2D eigenvalue weighted by Crippen LogP contribution is 2.40. The summed E-state index contributed by atoms with van der Waals surface area (Å²) in [5, 5.41) is 0.849. The molecule has 3 heterocycles. The quantitative estimate of drug-likeness (QED) is 0.489. The van der Waals surface area contributed by atoms with Crippen LogP contribution in [0.5, 0.6) is 0 Å². The largest absolute Gasteiger partial charge is 0.345 e. The van der Waals surface area contributed by atoms with E-state index in [1.54, 1.807) is 0 Å². The van der Waals surface area contributed by atoms with Gasteiger partial charge in [0.05, 0.1) is 0 Å². The van der Waals surface area contributed by atoms with Gasteiger partial charge in [0.15, 0.2) is 0 Å². The van der Waals surface area contributed by atoms with E-state index in [-0.39, 0.29) is 0 Å². The summed E-state index contributed by atoms with van der Waals surface area (Å²) in [5.74, 6) is 2.40. The third-order valence-electron chi connectivity index (χ3n) is 6.06. The minimum atomic E-state index is 0.372. The van der Waals surface area contributed by atoms with Crippen LogP contribution in [-0.2, 0) is 4.79 Å². The van der Waals surface area contributed by atoms with Crippen LogP contribution in [0.15, 0.2) is 0 Å². The Kier molecular flexibility index (Phi) is 7.66. The number of hydrogen-bond acceptors (Lipinski definition) is 4. The molecule has 3 aliphatic heterocycles. The van der Waals surface area contributed by atoms with Crippen LogP contribution in [0.3, 0.4) is 0 Å². The van der Waals surface area contributed by atoms with Crippen molar-refractivity contribution in [3.63, 3.8) is 0 Å². The lowest BCUT2D eigenvalue weighted by Crippen LogP contribution is -2.51. The molecule has 0 spiro atoms. The molecule has 3 saturated heterocycles. The van der Waals surface area contributed by atoms with E-state index in [0.29, 0.717) is 11.8 Å². The number of carbonyl (C=O) groups excluding carboxylic acids is 1. The smallest absolute Gasteiger partial charge is 0.222 e. The zero-order valence-electron chi connectivity index (χ0n) is 15.3. The predicted octanol–water partition coefficient (Wildman–Crippen LogP) is 4.42. The number of unbranched alkanes of at least 4 members (excludes halogenated alkanes) is 1. The van der Waals surface area contributed by atoms with Crippen molar-refractivity contribution in [1.29, 1.82) is 0 Å². The Hall–Kier alpha value is 0.130. The summed E-state index contributed by atoms with van der Waals surface area (Å²) in [5.41, 5.74) is 0. The van der Waals surface area contributed by atoms with Crippen LogP contribution in [0.1, 0.15) is 64.2 Å². The minimum absolute atomic E-state index is 0.372. The van der Waals surface area contributed by atoms with Gasteiger partial charge in [-0.25, -0.2) is 0 Å². The number of fused-ring (bicyclic) bond motifs is 1. The Morgan fingerprint density at radius 3 is 2.83 bits per heavy atom. The number of rotatable bonds is 7. The number of amides is 1. The zero-order valence-corrected chi connectivity index (χ0v) is 16.9. The molecule has 0 aromatic heterocycles. The van der Waals surface area contributed by atoms with Crippen molar-refractivity contribution < 1.29 is 4.79 Å². The van der Waals surface area contributed by atoms with Gasteiger partial charge in [-0.3, -0.25) is 4.79 Å². The molecule has 24 heavy (non-hydrogen) atoms. The van der Waals surface area contributed by atoms with Crippen LogP contribution < -0.4 is 0 Å². The van der Waals surface area contributed by atoms with Crippen molar-refractivity contribution in [3.8, 4) is 0 Å². The zero-order chi connectivity index (χ0) is 16.8. The topological polar surface area (TPSA) is 23.6 Å². The first-order chi connectivity index (χ1) is 11.7. The second kappa shape index (κ2) is 9.72.